The lowest BCUT2D eigenvalue weighted by Gasteiger charge is -2.27. The third-order valence-electron chi connectivity index (χ3n) is 4.65. The van der Waals surface area contributed by atoms with Crippen molar-refractivity contribution in [3.05, 3.63) is 32.7 Å². The zero-order chi connectivity index (χ0) is 14.8. The van der Waals surface area contributed by atoms with Gasteiger partial charge in [0.15, 0.2) is 0 Å². The van der Waals surface area contributed by atoms with E-state index in [-0.39, 0.29) is 11.7 Å². The Balaban J connectivity index is 1.90. The van der Waals surface area contributed by atoms with Crippen LogP contribution in [0.15, 0.2) is 21.4 Å². The van der Waals surface area contributed by atoms with Gasteiger partial charge in [0.2, 0.25) is 0 Å². The van der Waals surface area contributed by atoms with Gasteiger partial charge in [0.25, 0.3) is 0 Å². The van der Waals surface area contributed by atoms with Gasteiger partial charge in [-0.1, -0.05) is 48.0 Å². The molecule has 1 aliphatic carbocycles. The van der Waals surface area contributed by atoms with Gasteiger partial charge in [0, 0.05) is 10.5 Å². The summed E-state index contributed by atoms with van der Waals surface area (Å²) in [6, 6.07) is 3.99. The average molecular weight is 352 g/mol. The Bertz CT molecular complexity index is 668. The number of nitrogens with one attached hydrogen (secondary N) is 2. The number of nitrogens with two attached hydrogens (primary N) is 1. The maximum Gasteiger partial charge on any atom is 0.323 e. The minimum absolute atomic E-state index is 0.0280. The highest BCUT2D eigenvalue weighted by atomic mass is 79.9. The number of fused-ring (bicyclic) bond motifs is 1. The number of aromatic nitrogens is 2. The lowest BCUT2D eigenvalue weighted by Crippen LogP contribution is -2.22. The Morgan fingerprint density at radius 2 is 1.62 bits per heavy atom. The number of halogens is 1. The Labute approximate surface area is 132 Å². The summed E-state index contributed by atoms with van der Waals surface area (Å²) in [6.07, 6.45) is 8.98. The van der Waals surface area contributed by atoms with E-state index in [1.165, 1.54) is 44.9 Å². The molecule has 1 atom stereocenters. The zero-order valence-electron chi connectivity index (χ0n) is 12.1. The van der Waals surface area contributed by atoms with Gasteiger partial charge in [-0.15, -0.1) is 0 Å². The van der Waals surface area contributed by atoms with E-state index in [0.29, 0.717) is 5.92 Å². The van der Waals surface area contributed by atoms with Crippen molar-refractivity contribution >= 4 is 27.0 Å². The summed E-state index contributed by atoms with van der Waals surface area (Å²) in [5.74, 6) is 0.532. The number of imidazole rings is 1. The molecule has 3 rings (SSSR count). The third-order valence-corrected chi connectivity index (χ3v) is 5.34. The summed E-state index contributed by atoms with van der Waals surface area (Å²) in [5.41, 5.74) is 9.14. The number of aromatic amines is 2. The summed E-state index contributed by atoms with van der Waals surface area (Å²) >= 11 is 3.61. The van der Waals surface area contributed by atoms with Crippen LogP contribution < -0.4 is 11.4 Å². The average Bonchev–Trinajstić information content (AvgIpc) is 2.76. The Morgan fingerprint density at radius 3 is 2.29 bits per heavy atom. The summed E-state index contributed by atoms with van der Waals surface area (Å²) in [4.78, 5) is 17.0. The fourth-order valence-electron chi connectivity index (χ4n) is 3.43. The predicted octanol–water partition coefficient (Wildman–Crippen LogP) is 3.98. The van der Waals surface area contributed by atoms with E-state index in [2.05, 4.69) is 25.9 Å². The van der Waals surface area contributed by atoms with Crippen molar-refractivity contribution in [2.45, 2.75) is 51.0 Å². The van der Waals surface area contributed by atoms with Crippen LogP contribution in [0.25, 0.3) is 11.0 Å². The first kappa shape index (κ1) is 14.9. The first-order valence-corrected chi connectivity index (χ1v) is 8.61. The second kappa shape index (κ2) is 6.36. The monoisotopic (exact) mass is 351 g/mol. The Morgan fingerprint density at radius 1 is 1.05 bits per heavy atom. The van der Waals surface area contributed by atoms with E-state index in [0.717, 1.165) is 21.1 Å². The molecule has 1 aromatic carbocycles. The van der Waals surface area contributed by atoms with E-state index < -0.39 is 0 Å². The molecule has 21 heavy (non-hydrogen) atoms. The number of rotatable bonds is 2. The molecule has 4 nitrogen and oxygen atoms in total. The molecule has 1 fully saturated rings. The fraction of sp³-hybridized carbons (Fsp3) is 0.562. The zero-order valence-corrected chi connectivity index (χ0v) is 13.7. The molecule has 1 heterocycles. The molecule has 0 aliphatic heterocycles. The minimum atomic E-state index is -0.173. The van der Waals surface area contributed by atoms with Gasteiger partial charge in [-0.2, -0.15) is 0 Å². The van der Waals surface area contributed by atoms with Crippen LogP contribution in [0.2, 0.25) is 0 Å². The Kier molecular flexibility index (Phi) is 4.50. The third kappa shape index (κ3) is 3.24. The SMILES string of the molecule is NC(c1cc2[nH]c(=O)[nH]c2cc1Br)C1CCCCCCC1. The van der Waals surface area contributed by atoms with Crippen LogP contribution in [-0.2, 0) is 0 Å². The molecule has 0 spiro atoms. The lowest BCUT2D eigenvalue weighted by molar-refractivity contribution is 0.327. The molecule has 4 N–H and O–H groups in total. The van der Waals surface area contributed by atoms with E-state index in [9.17, 15) is 4.79 Å². The van der Waals surface area contributed by atoms with Gasteiger partial charge in [0.1, 0.15) is 0 Å². The van der Waals surface area contributed by atoms with Crippen LogP contribution in [-0.4, -0.2) is 9.97 Å². The smallest absolute Gasteiger partial charge is 0.323 e. The molecule has 1 aliphatic rings. The first-order valence-electron chi connectivity index (χ1n) is 7.82. The van der Waals surface area contributed by atoms with Crippen LogP contribution in [0.5, 0.6) is 0 Å². The summed E-state index contributed by atoms with van der Waals surface area (Å²) in [5, 5.41) is 0. The topological polar surface area (TPSA) is 74.7 Å². The highest BCUT2D eigenvalue weighted by Gasteiger charge is 2.22. The van der Waals surface area contributed by atoms with E-state index in [1.807, 2.05) is 12.1 Å². The van der Waals surface area contributed by atoms with E-state index in [4.69, 9.17) is 5.73 Å². The van der Waals surface area contributed by atoms with Crippen molar-refractivity contribution < 1.29 is 0 Å². The van der Waals surface area contributed by atoms with Crippen LogP contribution >= 0.6 is 15.9 Å². The molecular formula is C16H22BrN3O. The molecule has 0 amide bonds. The first-order chi connectivity index (χ1) is 10.1. The maximum atomic E-state index is 11.4. The van der Waals surface area contributed by atoms with E-state index in [1.54, 1.807) is 0 Å². The molecule has 114 valence electrons. The van der Waals surface area contributed by atoms with Gasteiger partial charge in [-0.3, -0.25) is 0 Å². The van der Waals surface area contributed by atoms with Gasteiger partial charge < -0.3 is 15.7 Å². The minimum Gasteiger partial charge on any atom is -0.324 e. The van der Waals surface area contributed by atoms with Crippen LogP contribution in [0.4, 0.5) is 0 Å². The van der Waals surface area contributed by atoms with E-state index >= 15 is 0 Å². The van der Waals surface area contributed by atoms with Gasteiger partial charge in [0.05, 0.1) is 11.0 Å². The molecule has 0 radical (unpaired) electrons. The molecule has 1 saturated carbocycles. The number of H-pyrrole nitrogens is 2. The van der Waals surface area contributed by atoms with Crippen LogP contribution in [0.1, 0.15) is 56.6 Å². The lowest BCUT2D eigenvalue weighted by atomic mass is 9.83. The summed E-state index contributed by atoms with van der Waals surface area (Å²) < 4.78 is 0.986. The summed E-state index contributed by atoms with van der Waals surface area (Å²) in [6.45, 7) is 0. The number of hydrogen-bond donors (Lipinski definition) is 3. The quantitative estimate of drug-likeness (QED) is 0.765. The number of benzene rings is 1. The Hall–Kier alpha value is -1.07. The molecule has 0 bridgehead atoms. The van der Waals surface area contributed by atoms with Crippen molar-refractivity contribution in [1.82, 2.24) is 9.97 Å². The van der Waals surface area contributed by atoms with Crippen molar-refractivity contribution in [1.29, 1.82) is 0 Å². The molecule has 1 aromatic heterocycles. The van der Waals surface area contributed by atoms with Gasteiger partial charge >= 0.3 is 5.69 Å². The second-order valence-electron chi connectivity index (χ2n) is 6.13. The molecular weight excluding hydrogens is 330 g/mol. The largest absolute Gasteiger partial charge is 0.324 e. The molecule has 5 heteroatoms. The van der Waals surface area contributed by atoms with Crippen molar-refractivity contribution in [2.24, 2.45) is 11.7 Å². The highest BCUT2D eigenvalue weighted by molar-refractivity contribution is 9.10. The molecule has 1 unspecified atom stereocenters. The highest BCUT2D eigenvalue weighted by Crippen LogP contribution is 2.35. The predicted molar refractivity (Wildman–Crippen MR) is 89.4 cm³/mol. The van der Waals surface area contributed by atoms with Gasteiger partial charge in [-0.05, 0) is 36.5 Å². The summed E-state index contributed by atoms with van der Waals surface area (Å²) in [7, 11) is 0. The normalized spacial score (nSPS) is 19.3. The fourth-order valence-corrected chi connectivity index (χ4v) is 4.04. The van der Waals surface area contributed by atoms with Gasteiger partial charge in [-0.25, -0.2) is 4.79 Å². The standard InChI is InChI=1S/C16H22BrN3O/c17-12-9-14-13(19-16(21)20-14)8-11(12)15(18)10-6-4-2-1-3-5-7-10/h8-10,15H,1-7,18H2,(H2,19,20,21). The second-order valence-corrected chi connectivity index (χ2v) is 6.98. The van der Waals surface area contributed by atoms with Crippen molar-refractivity contribution in [3.63, 3.8) is 0 Å². The van der Waals surface area contributed by atoms with Crippen molar-refractivity contribution in [3.8, 4) is 0 Å². The number of hydrogen-bond acceptors (Lipinski definition) is 2. The maximum absolute atomic E-state index is 11.4. The molecule has 2 aromatic rings. The van der Waals surface area contributed by atoms with Crippen LogP contribution in [0, 0.1) is 5.92 Å². The van der Waals surface area contributed by atoms with Crippen LogP contribution in [0.3, 0.4) is 0 Å². The molecule has 0 saturated heterocycles. The van der Waals surface area contributed by atoms with Crippen molar-refractivity contribution in [2.75, 3.05) is 0 Å².